The van der Waals surface area contributed by atoms with Gasteiger partial charge in [0.15, 0.2) is 0 Å². The lowest BCUT2D eigenvalue weighted by atomic mass is 10.2. The molecule has 0 saturated carbocycles. The van der Waals surface area contributed by atoms with Gasteiger partial charge in [-0.05, 0) is 68.1 Å². The fraction of sp³-hybridized carbons (Fsp3) is 0.154. The topological polar surface area (TPSA) is 24.9 Å². The van der Waals surface area contributed by atoms with Gasteiger partial charge in [0.05, 0.1) is 5.69 Å². The van der Waals surface area contributed by atoms with E-state index in [1.54, 1.807) is 0 Å². The molecular formula is C13H11Br3N2. The van der Waals surface area contributed by atoms with Crippen LogP contribution in [0.25, 0.3) is 0 Å². The van der Waals surface area contributed by atoms with Crippen LogP contribution in [-0.2, 0) is 6.42 Å². The largest absolute Gasteiger partial charge is 0.383 e. The Kier molecular flexibility index (Phi) is 5.21. The molecule has 1 aromatic heterocycles. The van der Waals surface area contributed by atoms with E-state index in [1.807, 2.05) is 36.7 Å². The number of anilines is 1. The zero-order valence-corrected chi connectivity index (χ0v) is 14.2. The molecule has 0 spiro atoms. The van der Waals surface area contributed by atoms with Gasteiger partial charge in [-0.3, -0.25) is 4.98 Å². The number of benzene rings is 1. The summed E-state index contributed by atoms with van der Waals surface area (Å²) in [5.74, 6) is 0. The molecule has 0 fully saturated rings. The Balaban J connectivity index is 1.99. The van der Waals surface area contributed by atoms with Crippen LogP contribution in [0, 0.1) is 0 Å². The molecule has 0 saturated heterocycles. The van der Waals surface area contributed by atoms with Gasteiger partial charge >= 0.3 is 0 Å². The second-order valence-electron chi connectivity index (χ2n) is 3.78. The number of rotatable bonds is 4. The van der Waals surface area contributed by atoms with Crippen molar-refractivity contribution in [3.63, 3.8) is 0 Å². The van der Waals surface area contributed by atoms with E-state index in [9.17, 15) is 0 Å². The van der Waals surface area contributed by atoms with E-state index in [1.165, 1.54) is 5.56 Å². The van der Waals surface area contributed by atoms with Gasteiger partial charge in [0.2, 0.25) is 0 Å². The van der Waals surface area contributed by atoms with Crippen LogP contribution in [0.3, 0.4) is 0 Å². The Morgan fingerprint density at radius 1 is 1.00 bits per heavy atom. The van der Waals surface area contributed by atoms with Gasteiger partial charge in [-0.2, -0.15) is 0 Å². The molecule has 1 aromatic carbocycles. The Bertz CT molecular complexity index is 506. The summed E-state index contributed by atoms with van der Waals surface area (Å²) in [6.45, 7) is 0.878. The maximum Gasteiger partial charge on any atom is 0.0629 e. The Labute approximate surface area is 132 Å². The van der Waals surface area contributed by atoms with Crippen LogP contribution in [0.1, 0.15) is 5.56 Å². The molecule has 0 radical (unpaired) electrons. The van der Waals surface area contributed by atoms with Crippen LogP contribution in [-0.4, -0.2) is 11.5 Å². The lowest BCUT2D eigenvalue weighted by Crippen LogP contribution is -2.06. The molecule has 18 heavy (non-hydrogen) atoms. The van der Waals surface area contributed by atoms with Crippen LogP contribution in [0.15, 0.2) is 50.1 Å². The first-order chi connectivity index (χ1) is 8.66. The standard InChI is InChI=1S/C13H11Br3N2/c14-10-7-11(15)13(12(16)8-10)18-6-3-9-1-4-17-5-2-9/h1-2,4-5,7-8,18H,3,6H2. The highest BCUT2D eigenvalue weighted by molar-refractivity contribution is 9.11. The molecule has 94 valence electrons. The fourth-order valence-electron chi connectivity index (χ4n) is 1.59. The molecule has 5 heteroatoms. The molecule has 1 N–H and O–H groups in total. The molecule has 2 aromatic rings. The van der Waals surface area contributed by atoms with Gasteiger partial charge in [0.25, 0.3) is 0 Å². The highest BCUT2D eigenvalue weighted by Crippen LogP contribution is 2.34. The second kappa shape index (κ2) is 6.68. The summed E-state index contributed by atoms with van der Waals surface area (Å²) in [6, 6.07) is 8.12. The number of nitrogens with zero attached hydrogens (tertiary/aromatic N) is 1. The van der Waals surface area contributed by atoms with Crippen molar-refractivity contribution in [1.29, 1.82) is 0 Å². The van der Waals surface area contributed by atoms with Crippen molar-refractivity contribution in [2.45, 2.75) is 6.42 Å². The van der Waals surface area contributed by atoms with Crippen molar-refractivity contribution in [3.05, 3.63) is 55.6 Å². The summed E-state index contributed by atoms with van der Waals surface area (Å²) in [6.07, 6.45) is 4.61. The third-order valence-electron chi connectivity index (χ3n) is 2.47. The van der Waals surface area contributed by atoms with Crippen molar-refractivity contribution < 1.29 is 0 Å². The van der Waals surface area contributed by atoms with Gasteiger partial charge in [-0.25, -0.2) is 0 Å². The van der Waals surface area contributed by atoms with E-state index in [0.29, 0.717) is 0 Å². The highest BCUT2D eigenvalue weighted by atomic mass is 79.9. The summed E-state index contributed by atoms with van der Waals surface area (Å²) in [5, 5.41) is 3.42. The molecule has 2 nitrogen and oxygen atoms in total. The molecule has 2 rings (SSSR count). The first kappa shape index (κ1) is 14.0. The molecule has 0 amide bonds. The number of pyridine rings is 1. The van der Waals surface area contributed by atoms with Crippen molar-refractivity contribution in [2.24, 2.45) is 0 Å². The number of halogens is 3. The van der Waals surface area contributed by atoms with Gasteiger partial charge in [-0.1, -0.05) is 15.9 Å². The minimum Gasteiger partial charge on any atom is -0.383 e. The van der Waals surface area contributed by atoms with Crippen molar-refractivity contribution in [1.82, 2.24) is 4.98 Å². The maximum absolute atomic E-state index is 4.01. The molecule has 0 aliphatic carbocycles. The van der Waals surface area contributed by atoms with Crippen molar-refractivity contribution >= 4 is 53.5 Å². The molecular weight excluding hydrogens is 424 g/mol. The summed E-state index contributed by atoms with van der Waals surface area (Å²) < 4.78 is 3.12. The van der Waals surface area contributed by atoms with E-state index in [-0.39, 0.29) is 0 Å². The normalized spacial score (nSPS) is 10.4. The van der Waals surface area contributed by atoms with Crippen molar-refractivity contribution in [2.75, 3.05) is 11.9 Å². The zero-order chi connectivity index (χ0) is 13.0. The van der Waals surface area contributed by atoms with E-state index < -0.39 is 0 Å². The third-order valence-corrected chi connectivity index (χ3v) is 4.18. The lowest BCUT2D eigenvalue weighted by Gasteiger charge is -2.11. The first-order valence-corrected chi connectivity index (χ1v) is 7.82. The van der Waals surface area contributed by atoms with E-state index in [2.05, 4.69) is 58.1 Å². The van der Waals surface area contributed by atoms with E-state index in [0.717, 1.165) is 32.1 Å². The van der Waals surface area contributed by atoms with Crippen molar-refractivity contribution in [3.8, 4) is 0 Å². The number of hydrogen-bond acceptors (Lipinski definition) is 2. The van der Waals surface area contributed by atoms with Crippen LogP contribution < -0.4 is 5.32 Å². The lowest BCUT2D eigenvalue weighted by molar-refractivity contribution is 1.01. The average Bonchev–Trinajstić information content (AvgIpc) is 2.34. The SMILES string of the molecule is Brc1cc(Br)c(NCCc2ccncc2)c(Br)c1. The maximum atomic E-state index is 4.01. The smallest absolute Gasteiger partial charge is 0.0629 e. The summed E-state index contributed by atoms with van der Waals surface area (Å²) in [7, 11) is 0. The monoisotopic (exact) mass is 432 g/mol. The number of aromatic nitrogens is 1. The molecule has 0 aliphatic rings. The minimum atomic E-state index is 0.878. The van der Waals surface area contributed by atoms with E-state index in [4.69, 9.17) is 0 Å². The number of nitrogens with one attached hydrogen (secondary N) is 1. The van der Waals surface area contributed by atoms with Gasteiger partial charge in [0, 0.05) is 32.4 Å². The molecule has 0 bridgehead atoms. The Morgan fingerprint density at radius 2 is 1.61 bits per heavy atom. The minimum absolute atomic E-state index is 0.878. The van der Waals surface area contributed by atoms with E-state index >= 15 is 0 Å². The Morgan fingerprint density at radius 3 is 2.22 bits per heavy atom. The van der Waals surface area contributed by atoms with Crippen LogP contribution >= 0.6 is 47.8 Å². The number of hydrogen-bond donors (Lipinski definition) is 1. The Hall–Kier alpha value is -0.390. The van der Waals surface area contributed by atoms with Crippen LogP contribution in [0.4, 0.5) is 5.69 Å². The van der Waals surface area contributed by atoms with Crippen LogP contribution in [0.2, 0.25) is 0 Å². The summed E-state index contributed by atoms with van der Waals surface area (Å²) >= 11 is 10.6. The average molecular weight is 435 g/mol. The summed E-state index contributed by atoms with van der Waals surface area (Å²) in [4.78, 5) is 4.01. The predicted octanol–water partition coefficient (Wildman–Crippen LogP) is 5.02. The molecule has 0 unspecified atom stereocenters. The summed E-state index contributed by atoms with van der Waals surface area (Å²) in [5.41, 5.74) is 2.36. The predicted molar refractivity (Wildman–Crippen MR) is 86.0 cm³/mol. The second-order valence-corrected chi connectivity index (χ2v) is 6.40. The fourth-order valence-corrected chi connectivity index (χ4v) is 4.13. The quantitative estimate of drug-likeness (QED) is 0.730. The molecule has 0 atom stereocenters. The molecule has 1 heterocycles. The van der Waals surface area contributed by atoms with Gasteiger partial charge < -0.3 is 5.32 Å². The van der Waals surface area contributed by atoms with Crippen LogP contribution in [0.5, 0.6) is 0 Å². The molecule has 0 aliphatic heterocycles. The first-order valence-electron chi connectivity index (χ1n) is 5.44. The highest BCUT2D eigenvalue weighted by Gasteiger charge is 2.06. The zero-order valence-electron chi connectivity index (χ0n) is 9.46. The van der Waals surface area contributed by atoms with Gasteiger partial charge in [-0.15, -0.1) is 0 Å². The third kappa shape index (κ3) is 3.80. The van der Waals surface area contributed by atoms with Gasteiger partial charge in [0.1, 0.15) is 0 Å².